The van der Waals surface area contributed by atoms with Crippen LogP contribution in [0.25, 0.3) is 0 Å². The monoisotopic (exact) mass is 306 g/mol. The molecule has 4 heteroatoms. The van der Waals surface area contributed by atoms with Gasteiger partial charge >= 0.3 is 0 Å². The van der Waals surface area contributed by atoms with Gasteiger partial charge in [-0.15, -0.1) is 11.3 Å². The minimum atomic E-state index is -0.00233. The topological polar surface area (TPSA) is 32.3 Å². The number of amides is 1. The molecule has 1 saturated heterocycles. The number of hydrogen-bond donors (Lipinski definition) is 1. The summed E-state index contributed by atoms with van der Waals surface area (Å²) in [6.07, 6.45) is 4.93. The quantitative estimate of drug-likeness (QED) is 0.899. The Balaban J connectivity index is 1.78. The van der Waals surface area contributed by atoms with Gasteiger partial charge in [0.05, 0.1) is 6.04 Å². The average molecular weight is 306 g/mol. The molecule has 0 spiro atoms. The molecule has 3 rings (SSSR count). The van der Waals surface area contributed by atoms with Crippen LogP contribution in [0, 0.1) is 18.8 Å². The molecule has 2 heterocycles. The Bertz CT molecular complexity index is 507. The normalized spacial score (nSPS) is 26.7. The molecular formula is C17H26N2OS. The molecule has 1 aromatic rings. The first-order valence-electron chi connectivity index (χ1n) is 8.17. The van der Waals surface area contributed by atoms with Crippen molar-refractivity contribution >= 4 is 17.2 Å². The first kappa shape index (κ1) is 15.0. The third kappa shape index (κ3) is 3.16. The van der Waals surface area contributed by atoms with E-state index in [1.165, 1.54) is 29.0 Å². The number of carbonyl (C=O) groups is 1. The second-order valence-corrected chi connectivity index (χ2v) is 8.31. The van der Waals surface area contributed by atoms with E-state index in [1.807, 2.05) is 11.3 Å². The average Bonchev–Trinajstić information content (AvgIpc) is 2.90. The summed E-state index contributed by atoms with van der Waals surface area (Å²) in [5.74, 6) is 1.57. The first-order chi connectivity index (χ1) is 10.0. The maximum Gasteiger partial charge on any atom is 0.241 e. The third-order valence-electron chi connectivity index (χ3n) is 4.67. The lowest BCUT2D eigenvalue weighted by Crippen LogP contribution is -2.37. The van der Waals surface area contributed by atoms with Gasteiger partial charge in [-0.05, 0) is 50.2 Å². The summed E-state index contributed by atoms with van der Waals surface area (Å²) in [6.45, 7) is 7.44. The first-order valence-corrected chi connectivity index (χ1v) is 8.99. The van der Waals surface area contributed by atoms with Crippen molar-refractivity contribution in [1.29, 1.82) is 0 Å². The Morgan fingerprint density at radius 2 is 2.14 bits per heavy atom. The molecule has 1 aliphatic carbocycles. The highest BCUT2D eigenvalue weighted by atomic mass is 32.1. The molecule has 1 saturated carbocycles. The van der Waals surface area contributed by atoms with Crippen molar-refractivity contribution in [2.75, 3.05) is 6.54 Å². The van der Waals surface area contributed by atoms with Gasteiger partial charge in [-0.25, -0.2) is 0 Å². The molecule has 116 valence electrons. The predicted octanol–water partition coefficient (Wildman–Crippen LogP) is 3.70. The van der Waals surface area contributed by atoms with Crippen LogP contribution in [0.4, 0.5) is 0 Å². The number of nitrogens with zero attached hydrogens (tertiary/aromatic N) is 1. The number of carbonyl (C=O) groups excluding carboxylic acids is 1. The lowest BCUT2D eigenvalue weighted by molar-refractivity contribution is -0.131. The lowest BCUT2D eigenvalue weighted by Gasteiger charge is -2.32. The molecule has 1 N–H and O–H groups in total. The molecule has 1 aliphatic heterocycles. The van der Waals surface area contributed by atoms with Gasteiger partial charge in [0.15, 0.2) is 0 Å². The zero-order valence-electron chi connectivity index (χ0n) is 13.3. The van der Waals surface area contributed by atoms with Crippen LogP contribution >= 0.6 is 11.3 Å². The molecule has 0 aromatic carbocycles. The zero-order chi connectivity index (χ0) is 15.0. The van der Waals surface area contributed by atoms with Gasteiger partial charge in [-0.3, -0.25) is 10.1 Å². The fraction of sp³-hybridized carbons (Fsp3) is 0.706. The molecular weight excluding hydrogens is 280 g/mol. The summed E-state index contributed by atoms with van der Waals surface area (Å²) in [7, 11) is 0. The lowest BCUT2D eigenvalue weighted by atomic mass is 9.85. The van der Waals surface area contributed by atoms with Crippen molar-refractivity contribution in [3.63, 3.8) is 0 Å². The largest absolute Gasteiger partial charge is 0.320 e. The van der Waals surface area contributed by atoms with Gasteiger partial charge in [0.1, 0.15) is 6.17 Å². The van der Waals surface area contributed by atoms with Crippen LogP contribution in [0.5, 0.6) is 0 Å². The van der Waals surface area contributed by atoms with Crippen LogP contribution in [-0.2, 0) is 4.79 Å². The second-order valence-electron chi connectivity index (χ2n) is 6.99. The Labute approximate surface area is 131 Å². The van der Waals surface area contributed by atoms with E-state index in [0.29, 0.717) is 11.8 Å². The van der Waals surface area contributed by atoms with E-state index in [4.69, 9.17) is 0 Å². The van der Waals surface area contributed by atoms with E-state index < -0.39 is 0 Å². The van der Waals surface area contributed by atoms with Crippen molar-refractivity contribution in [3.8, 4) is 0 Å². The molecule has 0 bridgehead atoms. The standard InChI is InChI=1S/C17H26N2OS/c1-11(2)9-14-17(20)19(10-13-5-4-6-13)16(18-14)15-8-7-12(3)21-15/h7-8,11,13-14,16,18H,4-6,9-10H2,1-3H3. The number of rotatable bonds is 5. The Kier molecular flexibility index (Phi) is 4.36. The molecule has 2 atom stereocenters. The molecule has 21 heavy (non-hydrogen) atoms. The van der Waals surface area contributed by atoms with Crippen molar-refractivity contribution in [1.82, 2.24) is 10.2 Å². The minimum absolute atomic E-state index is 0.00233. The smallest absolute Gasteiger partial charge is 0.241 e. The van der Waals surface area contributed by atoms with Crippen LogP contribution in [0.3, 0.4) is 0 Å². The van der Waals surface area contributed by atoms with Gasteiger partial charge in [0.2, 0.25) is 5.91 Å². The van der Waals surface area contributed by atoms with E-state index in [1.54, 1.807) is 0 Å². The highest BCUT2D eigenvalue weighted by Gasteiger charge is 2.41. The fourth-order valence-electron chi connectivity index (χ4n) is 3.30. The Hall–Kier alpha value is -0.870. The van der Waals surface area contributed by atoms with Gasteiger partial charge in [-0.1, -0.05) is 20.3 Å². The Morgan fingerprint density at radius 1 is 1.38 bits per heavy atom. The SMILES string of the molecule is Cc1ccc(C2NC(CC(C)C)C(=O)N2CC2CCC2)s1. The summed E-state index contributed by atoms with van der Waals surface area (Å²) < 4.78 is 0. The molecule has 2 unspecified atom stereocenters. The fourth-order valence-corrected chi connectivity index (χ4v) is 4.26. The van der Waals surface area contributed by atoms with E-state index >= 15 is 0 Å². The third-order valence-corrected chi connectivity index (χ3v) is 5.72. The highest BCUT2D eigenvalue weighted by Crippen LogP contribution is 2.35. The van der Waals surface area contributed by atoms with Gasteiger partial charge < -0.3 is 4.90 Å². The van der Waals surface area contributed by atoms with Crippen molar-refractivity contribution in [2.45, 2.75) is 58.7 Å². The van der Waals surface area contributed by atoms with E-state index in [-0.39, 0.29) is 12.2 Å². The summed E-state index contributed by atoms with van der Waals surface area (Å²) in [5.41, 5.74) is 0. The summed E-state index contributed by atoms with van der Waals surface area (Å²) in [6, 6.07) is 4.33. The molecule has 3 nitrogen and oxygen atoms in total. The summed E-state index contributed by atoms with van der Waals surface area (Å²) >= 11 is 1.81. The van der Waals surface area contributed by atoms with Gasteiger partial charge in [0, 0.05) is 16.3 Å². The number of hydrogen-bond acceptors (Lipinski definition) is 3. The predicted molar refractivity (Wildman–Crippen MR) is 87.2 cm³/mol. The van der Waals surface area contributed by atoms with Crippen molar-refractivity contribution in [3.05, 3.63) is 21.9 Å². The molecule has 1 amide bonds. The number of nitrogens with one attached hydrogen (secondary N) is 1. The van der Waals surface area contributed by atoms with E-state index in [0.717, 1.165) is 18.9 Å². The molecule has 2 aliphatic rings. The van der Waals surface area contributed by atoms with Crippen LogP contribution in [0.1, 0.15) is 55.5 Å². The van der Waals surface area contributed by atoms with Gasteiger partial charge in [0.25, 0.3) is 0 Å². The summed E-state index contributed by atoms with van der Waals surface area (Å²) in [5, 5.41) is 3.59. The molecule has 2 fully saturated rings. The molecule has 1 aromatic heterocycles. The van der Waals surface area contributed by atoms with Gasteiger partial charge in [-0.2, -0.15) is 0 Å². The maximum absolute atomic E-state index is 12.8. The van der Waals surface area contributed by atoms with Crippen molar-refractivity contribution < 1.29 is 4.79 Å². The molecule has 0 radical (unpaired) electrons. The minimum Gasteiger partial charge on any atom is -0.320 e. The second kappa shape index (κ2) is 6.09. The highest BCUT2D eigenvalue weighted by molar-refractivity contribution is 7.12. The van der Waals surface area contributed by atoms with Crippen LogP contribution in [0.2, 0.25) is 0 Å². The van der Waals surface area contributed by atoms with Crippen LogP contribution in [-0.4, -0.2) is 23.4 Å². The van der Waals surface area contributed by atoms with E-state index in [2.05, 4.69) is 43.1 Å². The summed E-state index contributed by atoms with van der Waals surface area (Å²) in [4.78, 5) is 17.5. The maximum atomic E-state index is 12.8. The number of thiophene rings is 1. The zero-order valence-corrected chi connectivity index (χ0v) is 14.1. The van der Waals surface area contributed by atoms with Crippen LogP contribution in [0.15, 0.2) is 12.1 Å². The van der Waals surface area contributed by atoms with Crippen LogP contribution < -0.4 is 5.32 Å². The Morgan fingerprint density at radius 3 is 2.67 bits per heavy atom. The van der Waals surface area contributed by atoms with Crippen molar-refractivity contribution in [2.24, 2.45) is 11.8 Å². The number of aryl methyl sites for hydroxylation is 1. The van der Waals surface area contributed by atoms with E-state index in [9.17, 15) is 4.79 Å².